The minimum Gasteiger partial charge on any atom is -0.484 e. The zero-order valence-corrected chi connectivity index (χ0v) is 12.0. The molecule has 0 aliphatic rings. The van der Waals surface area contributed by atoms with Gasteiger partial charge in [0.05, 0.1) is 13.2 Å². The van der Waals surface area contributed by atoms with Crippen molar-refractivity contribution >= 4 is 11.6 Å². The Balaban J connectivity index is 2.47. The molecule has 1 aromatic rings. The first-order chi connectivity index (χ1) is 9.67. The molecule has 6 nitrogen and oxygen atoms in total. The normalized spacial score (nSPS) is 10.3. The van der Waals surface area contributed by atoms with E-state index < -0.39 is 0 Å². The van der Waals surface area contributed by atoms with Crippen LogP contribution in [0, 0.1) is 0 Å². The molecule has 0 aliphatic carbocycles. The van der Waals surface area contributed by atoms with Crippen molar-refractivity contribution in [3.8, 4) is 5.75 Å². The number of benzene rings is 1. The molecule has 0 saturated heterocycles. The van der Waals surface area contributed by atoms with E-state index in [9.17, 15) is 4.79 Å². The lowest BCUT2D eigenvalue weighted by molar-refractivity contribution is -0.134. The molecule has 0 aliphatic heterocycles. The van der Waals surface area contributed by atoms with Crippen LogP contribution in [0.2, 0.25) is 0 Å². The summed E-state index contributed by atoms with van der Waals surface area (Å²) in [6.07, 6.45) is 0. The first-order valence-corrected chi connectivity index (χ1v) is 6.41. The number of carbonyl (C=O) groups excluding carboxylic acids is 1. The van der Waals surface area contributed by atoms with Crippen LogP contribution in [0.5, 0.6) is 5.75 Å². The Bertz CT molecular complexity index is 404. The number of methoxy groups -OCH3 is 2. The summed E-state index contributed by atoms with van der Waals surface area (Å²) in [5.74, 6) is 0.471. The molecule has 0 atom stereocenters. The number of rotatable bonds is 9. The number of amides is 1. The fraction of sp³-hybridized carbons (Fsp3) is 0.500. The number of nitrogens with zero attached hydrogens (tertiary/aromatic N) is 1. The van der Waals surface area contributed by atoms with Crippen molar-refractivity contribution in [2.45, 2.75) is 0 Å². The predicted octanol–water partition coefficient (Wildman–Crippen LogP) is 0.769. The second-order valence-electron chi connectivity index (χ2n) is 4.23. The molecule has 0 aromatic heterocycles. The van der Waals surface area contributed by atoms with Crippen LogP contribution in [0.4, 0.5) is 5.69 Å². The van der Waals surface area contributed by atoms with Gasteiger partial charge < -0.3 is 24.8 Å². The van der Waals surface area contributed by atoms with E-state index in [1.165, 1.54) is 0 Å². The molecule has 0 heterocycles. The van der Waals surface area contributed by atoms with E-state index in [4.69, 9.17) is 19.9 Å². The molecular weight excluding hydrogens is 260 g/mol. The molecule has 0 radical (unpaired) electrons. The lowest BCUT2D eigenvalue weighted by Crippen LogP contribution is -2.39. The third kappa shape index (κ3) is 5.90. The maximum absolute atomic E-state index is 12.1. The number of hydrogen-bond acceptors (Lipinski definition) is 5. The molecule has 1 rings (SSSR count). The van der Waals surface area contributed by atoms with Gasteiger partial charge in [0.1, 0.15) is 5.75 Å². The standard InChI is InChI=1S/C14H22N2O4/c1-18-8-6-16(7-9-19-2)14(17)11-20-13-5-3-4-12(15)10-13/h3-5,10H,6-9,11,15H2,1-2H3. The van der Waals surface area contributed by atoms with Crippen LogP contribution in [-0.4, -0.2) is 57.9 Å². The van der Waals surface area contributed by atoms with Gasteiger partial charge in [-0.1, -0.05) is 6.07 Å². The van der Waals surface area contributed by atoms with Gasteiger partial charge in [-0.2, -0.15) is 0 Å². The van der Waals surface area contributed by atoms with Gasteiger partial charge in [-0.25, -0.2) is 0 Å². The monoisotopic (exact) mass is 282 g/mol. The lowest BCUT2D eigenvalue weighted by Gasteiger charge is -2.22. The number of nitrogen functional groups attached to an aromatic ring is 1. The maximum atomic E-state index is 12.1. The average molecular weight is 282 g/mol. The summed E-state index contributed by atoms with van der Waals surface area (Å²) in [6, 6.07) is 6.99. The van der Waals surface area contributed by atoms with Crippen molar-refractivity contribution in [3.63, 3.8) is 0 Å². The van der Waals surface area contributed by atoms with Gasteiger partial charge in [0, 0.05) is 39.1 Å². The Morgan fingerprint density at radius 1 is 1.20 bits per heavy atom. The molecule has 2 N–H and O–H groups in total. The molecule has 1 amide bonds. The van der Waals surface area contributed by atoms with Gasteiger partial charge >= 0.3 is 0 Å². The third-order valence-corrected chi connectivity index (χ3v) is 2.70. The van der Waals surface area contributed by atoms with Crippen molar-refractivity contribution < 1.29 is 19.0 Å². The summed E-state index contributed by atoms with van der Waals surface area (Å²) in [5, 5.41) is 0. The lowest BCUT2D eigenvalue weighted by atomic mass is 10.3. The molecule has 112 valence electrons. The number of nitrogens with two attached hydrogens (primary N) is 1. The van der Waals surface area contributed by atoms with Gasteiger partial charge in [0.15, 0.2) is 6.61 Å². The van der Waals surface area contributed by atoms with E-state index in [-0.39, 0.29) is 12.5 Å². The van der Waals surface area contributed by atoms with Crippen LogP contribution in [0.1, 0.15) is 0 Å². The zero-order chi connectivity index (χ0) is 14.8. The highest BCUT2D eigenvalue weighted by molar-refractivity contribution is 5.77. The molecule has 0 saturated carbocycles. The predicted molar refractivity (Wildman–Crippen MR) is 76.7 cm³/mol. The molecule has 0 bridgehead atoms. The van der Waals surface area contributed by atoms with E-state index in [1.54, 1.807) is 43.4 Å². The number of hydrogen-bond donors (Lipinski definition) is 1. The Morgan fingerprint density at radius 2 is 1.85 bits per heavy atom. The number of ether oxygens (including phenoxy) is 3. The van der Waals surface area contributed by atoms with Crippen LogP contribution in [0.15, 0.2) is 24.3 Å². The highest BCUT2D eigenvalue weighted by Crippen LogP contribution is 2.14. The van der Waals surface area contributed by atoms with Gasteiger partial charge in [0.25, 0.3) is 5.91 Å². The first kappa shape index (κ1) is 16.3. The molecule has 0 unspecified atom stereocenters. The van der Waals surface area contributed by atoms with Gasteiger partial charge in [-0.05, 0) is 12.1 Å². The SMILES string of the molecule is COCCN(CCOC)C(=O)COc1cccc(N)c1. The third-order valence-electron chi connectivity index (χ3n) is 2.70. The van der Waals surface area contributed by atoms with E-state index in [2.05, 4.69) is 0 Å². The Labute approximate surface area is 119 Å². The van der Waals surface area contributed by atoms with Crippen LogP contribution in [0.25, 0.3) is 0 Å². The minimum atomic E-state index is -0.110. The molecular formula is C14H22N2O4. The largest absolute Gasteiger partial charge is 0.484 e. The summed E-state index contributed by atoms with van der Waals surface area (Å²) in [7, 11) is 3.20. The van der Waals surface area contributed by atoms with E-state index in [1.807, 2.05) is 0 Å². The van der Waals surface area contributed by atoms with Gasteiger partial charge in [0.2, 0.25) is 0 Å². The summed E-state index contributed by atoms with van der Waals surface area (Å²) >= 11 is 0. The number of anilines is 1. The van der Waals surface area contributed by atoms with Crippen LogP contribution in [0.3, 0.4) is 0 Å². The highest BCUT2D eigenvalue weighted by Gasteiger charge is 2.13. The van der Waals surface area contributed by atoms with Crippen molar-refractivity contribution in [1.82, 2.24) is 4.90 Å². The summed E-state index contributed by atoms with van der Waals surface area (Å²) in [6.45, 7) is 1.95. The van der Waals surface area contributed by atoms with Crippen molar-refractivity contribution in [3.05, 3.63) is 24.3 Å². The maximum Gasteiger partial charge on any atom is 0.260 e. The smallest absolute Gasteiger partial charge is 0.260 e. The van der Waals surface area contributed by atoms with Crippen molar-refractivity contribution in [2.75, 3.05) is 52.9 Å². The second-order valence-corrected chi connectivity index (χ2v) is 4.23. The van der Waals surface area contributed by atoms with E-state index in [0.717, 1.165) is 0 Å². The Hall–Kier alpha value is -1.79. The molecule has 1 aromatic carbocycles. The average Bonchev–Trinajstić information content (AvgIpc) is 2.45. The highest BCUT2D eigenvalue weighted by atomic mass is 16.5. The van der Waals surface area contributed by atoms with Crippen molar-refractivity contribution in [2.24, 2.45) is 0 Å². The summed E-state index contributed by atoms with van der Waals surface area (Å²) in [5.41, 5.74) is 6.25. The van der Waals surface area contributed by atoms with Gasteiger partial charge in [-0.3, -0.25) is 4.79 Å². The van der Waals surface area contributed by atoms with Gasteiger partial charge in [-0.15, -0.1) is 0 Å². The molecule has 0 fully saturated rings. The van der Waals surface area contributed by atoms with Crippen LogP contribution >= 0.6 is 0 Å². The Kier molecular flexibility index (Phi) is 7.46. The van der Waals surface area contributed by atoms with E-state index >= 15 is 0 Å². The van der Waals surface area contributed by atoms with Crippen LogP contribution < -0.4 is 10.5 Å². The molecule has 6 heteroatoms. The topological polar surface area (TPSA) is 74.0 Å². The fourth-order valence-corrected chi connectivity index (χ4v) is 1.60. The molecule has 20 heavy (non-hydrogen) atoms. The fourth-order valence-electron chi connectivity index (χ4n) is 1.60. The molecule has 0 spiro atoms. The summed E-state index contributed by atoms with van der Waals surface area (Å²) in [4.78, 5) is 13.7. The minimum absolute atomic E-state index is 0.0309. The quantitative estimate of drug-likeness (QED) is 0.677. The number of carbonyl (C=O) groups is 1. The Morgan fingerprint density at radius 3 is 2.40 bits per heavy atom. The first-order valence-electron chi connectivity index (χ1n) is 6.41. The summed E-state index contributed by atoms with van der Waals surface area (Å²) < 4.78 is 15.4. The van der Waals surface area contributed by atoms with Crippen LogP contribution in [-0.2, 0) is 14.3 Å². The second kappa shape index (κ2) is 9.17. The van der Waals surface area contributed by atoms with Crippen molar-refractivity contribution in [1.29, 1.82) is 0 Å². The zero-order valence-electron chi connectivity index (χ0n) is 12.0. The van der Waals surface area contributed by atoms with E-state index in [0.29, 0.717) is 37.7 Å².